The lowest BCUT2D eigenvalue weighted by Gasteiger charge is -2.36. The van der Waals surface area contributed by atoms with Gasteiger partial charge < -0.3 is 25.3 Å². The Kier molecular flexibility index (Phi) is 6.95. The first-order valence-corrected chi connectivity index (χ1v) is 13.0. The summed E-state index contributed by atoms with van der Waals surface area (Å²) in [6.45, 7) is 9.57. The summed E-state index contributed by atoms with van der Waals surface area (Å²) >= 11 is 0. The molecule has 0 radical (unpaired) electrons. The second kappa shape index (κ2) is 8.92. The standard InChI is InChI=1S/C22H36N3O6P/c1-5-15-13-22(15,32(29,30)31)24-19(27)16-11-8-12-25(16)20(28)17(21(2,3)4)23-18(26)14-9-6-7-10-14/h5,14-17H,1,6-13H2,2-4H3,(H,23,26)(H,24,27)(H2,29,30,31)/t15-,16?,17+,22-/m0/s1. The SMILES string of the molecule is C=C[C@H]1C[C@]1(NC(=O)C1CCCN1C(=O)[C@@H](NC(=O)C1CCCC1)C(C)(C)C)P(=O)(O)O. The average molecular weight is 470 g/mol. The van der Waals surface area contributed by atoms with Crippen molar-refractivity contribution in [3.63, 3.8) is 0 Å². The first-order chi connectivity index (χ1) is 14.8. The van der Waals surface area contributed by atoms with Gasteiger partial charge in [-0.25, -0.2) is 0 Å². The number of carbonyl (C=O) groups is 3. The highest BCUT2D eigenvalue weighted by Crippen LogP contribution is 2.67. The van der Waals surface area contributed by atoms with Crippen molar-refractivity contribution in [2.24, 2.45) is 17.3 Å². The van der Waals surface area contributed by atoms with Crippen LogP contribution in [0.25, 0.3) is 0 Å². The predicted molar refractivity (Wildman–Crippen MR) is 119 cm³/mol. The number of amides is 3. The summed E-state index contributed by atoms with van der Waals surface area (Å²) in [4.78, 5) is 60.4. The molecule has 0 spiro atoms. The van der Waals surface area contributed by atoms with Gasteiger partial charge in [0.15, 0.2) is 0 Å². The molecule has 3 aliphatic rings. The van der Waals surface area contributed by atoms with Crippen LogP contribution in [0.15, 0.2) is 12.7 Å². The molecule has 10 heteroatoms. The second-order valence-electron chi connectivity index (χ2n) is 10.5. The number of carbonyl (C=O) groups excluding carboxylic acids is 3. The zero-order valence-corrected chi connectivity index (χ0v) is 20.1. The fraction of sp³-hybridized carbons (Fsp3) is 0.773. The van der Waals surface area contributed by atoms with Crippen molar-refractivity contribution in [2.45, 2.75) is 83.1 Å². The zero-order valence-electron chi connectivity index (χ0n) is 19.2. The third-order valence-electron chi connectivity index (χ3n) is 7.09. The van der Waals surface area contributed by atoms with Crippen LogP contribution in [0.4, 0.5) is 0 Å². The number of nitrogens with zero attached hydrogens (tertiary/aromatic N) is 1. The Labute approximate surface area is 189 Å². The zero-order chi connectivity index (χ0) is 23.9. The van der Waals surface area contributed by atoms with Crippen molar-refractivity contribution in [1.29, 1.82) is 0 Å². The Morgan fingerprint density at radius 2 is 1.75 bits per heavy atom. The fourth-order valence-electron chi connectivity index (χ4n) is 4.97. The molecule has 0 aromatic heterocycles. The predicted octanol–water partition coefficient (Wildman–Crippen LogP) is 1.89. The van der Waals surface area contributed by atoms with Gasteiger partial charge in [-0.2, -0.15) is 0 Å². The van der Waals surface area contributed by atoms with Gasteiger partial charge >= 0.3 is 7.60 Å². The Bertz CT molecular complexity index is 828. The molecular weight excluding hydrogens is 433 g/mol. The number of likely N-dealkylation sites (tertiary alicyclic amines) is 1. The molecule has 3 rings (SSSR count). The number of hydrogen-bond donors (Lipinski definition) is 4. The quantitative estimate of drug-likeness (QED) is 0.332. The third-order valence-corrected chi connectivity index (χ3v) is 8.76. The highest BCUT2D eigenvalue weighted by atomic mass is 31.2. The summed E-state index contributed by atoms with van der Waals surface area (Å²) in [5, 5.41) is 3.84. The molecule has 32 heavy (non-hydrogen) atoms. The molecule has 4 N–H and O–H groups in total. The summed E-state index contributed by atoms with van der Waals surface area (Å²) in [5.41, 5.74) is -0.563. The molecule has 2 aliphatic carbocycles. The van der Waals surface area contributed by atoms with Crippen molar-refractivity contribution in [1.82, 2.24) is 15.5 Å². The lowest BCUT2D eigenvalue weighted by molar-refractivity contribution is -0.144. The van der Waals surface area contributed by atoms with E-state index in [1.54, 1.807) is 0 Å². The molecule has 4 atom stereocenters. The summed E-state index contributed by atoms with van der Waals surface area (Å²) in [6, 6.07) is -1.62. The van der Waals surface area contributed by atoms with E-state index in [9.17, 15) is 28.7 Å². The fourth-order valence-corrected chi connectivity index (χ4v) is 6.20. The van der Waals surface area contributed by atoms with Crippen molar-refractivity contribution in [3.8, 4) is 0 Å². The van der Waals surface area contributed by atoms with Gasteiger partial charge in [-0.15, -0.1) is 6.58 Å². The minimum atomic E-state index is -4.61. The molecule has 0 bridgehead atoms. The highest BCUT2D eigenvalue weighted by Gasteiger charge is 2.66. The van der Waals surface area contributed by atoms with Crippen LogP contribution in [-0.4, -0.2) is 56.3 Å². The molecular formula is C22H36N3O6P. The van der Waals surface area contributed by atoms with E-state index in [4.69, 9.17) is 0 Å². The number of hydrogen-bond acceptors (Lipinski definition) is 4. The molecule has 3 fully saturated rings. The summed E-state index contributed by atoms with van der Waals surface area (Å²) < 4.78 is 12.0. The lowest BCUT2D eigenvalue weighted by atomic mass is 9.85. The lowest BCUT2D eigenvalue weighted by Crippen LogP contribution is -2.59. The van der Waals surface area contributed by atoms with Crippen LogP contribution in [0.1, 0.15) is 65.7 Å². The third kappa shape index (κ3) is 4.80. The monoisotopic (exact) mass is 469 g/mol. The van der Waals surface area contributed by atoms with Crippen molar-refractivity contribution < 1.29 is 28.7 Å². The van der Waals surface area contributed by atoms with Crippen molar-refractivity contribution in [3.05, 3.63) is 12.7 Å². The topological polar surface area (TPSA) is 136 Å². The van der Waals surface area contributed by atoms with E-state index in [0.29, 0.717) is 19.4 Å². The Hall–Kier alpha value is -1.70. The van der Waals surface area contributed by atoms with E-state index in [1.807, 2.05) is 20.8 Å². The second-order valence-corrected chi connectivity index (χ2v) is 12.4. The largest absolute Gasteiger partial charge is 0.351 e. The van der Waals surface area contributed by atoms with Gasteiger partial charge in [0, 0.05) is 18.4 Å². The highest BCUT2D eigenvalue weighted by molar-refractivity contribution is 7.54. The van der Waals surface area contributed by atoms with Gasteiger partial charge in [0.25, 0.3) is 0 Å². The van der Waals surface area contributed by atoms with Crippen LogP contribution < -0.4 is 10.6 Å². The van der Waals surface area contributed by atoms with E-state index in [0.717, 1.165) is 25.7 Å². The van der Waals surface area contributed by atoms with Crippen molar-refractivity contribution in [2.75, 3.05) is 6.54 Å². The minimum Gasteiger partial charge on any atom is -0.344 e. The van der Waals surface area contributed by atoms with Gasteiger partial charge in [0.2, 0.25) is 17.7 Å². The molecule has 1 unspecified atom stereocenters. The van der Waals surface area contributed by atoms with E-state index in [-0.39, 0.29) is 24.2 Å². The first-order valence-electron chi connectivity index (χ1n) is 11.4. The van der Waals surface area contributed by atoms with E-state index < -0.39 is 42.2 Å². The van der Waals surface area contributed by atoms with Gasteiger partial charge in [0.1, 0.15) is 17.4 Å². The molecule has 3 amide bonds. The molecule has 1 heterocycles. The Balaban J connectivity index is 1.75. The number of nitrogens with one attached hydrogen (secondary N) is 2. The van der Waals surface area contributed by atoms with Crippen LogP contribution in [0.3, 0.4) is 0 Å². The maximum absolute atomic E-state index is 13.5. The number of rotatable bonds is 7. The summed E-state index contributed by atoms with van der Waals surface area (Å²) in [6.07, 6.45) is 6.22. The van der Waals surface area contributed by atoms with Crippen LogP contribution in [0.2, 0.25) is 0 Å². The Morgan fingerprint density at radius 3 is 2.25 bits per heavy atom. The van der Waals surface area contributed by atoms with E-state index in [2.05, 4.69) is 17.2 Å². The van der Waals surface area contributed by atoms with Gasteiger partial charge in [0.05, 0.1) is 0 Å². The smallest absolute Gasteiger partial charge is 0.344 e. The summed E-state index contributed by atoms with van der Waals surface area (Å²) in [7, 11) is -4.61. The van der Waals surface area contributed by atoms with Crippen LogP contribution in [0.5, 0.6) is 0 Å². The minimum absolute atomic E-state index is 0.0841. The Morgan fingerprint density at radius 1 is 1.12 bits per heavy atom. The molecule has 2 saturated carbocycles. The summed E-state index contributed by atoms with van der Waals surface area (Å²) in [5.74, 6) is -1.62. The normalized spacial score (nSPS) is 29.5. The van der Waals surface area contributed by atoms with Crippen LogP contribution >= 0.6 is 7.60 Å². The molecule has 1 aliphatic heterocycles. The van der Waals surface area contributed by atoms with Crippen LogP contribution in [-0.2, 0) is 18.9 Å². The first kappa shape index (κ1) is 24.9. The van der Waals surface area contributed by atoms with E-state index >= 15 is 0 Å². The molecule has 0 aromatic rings. The van der Waals surface area contributed by atoms with Crippen molar-refractivity contribution >= 4 is 25.3 Å². The maximum Gasteiger partial charge on any atom is 0.351 e. The van der Waals surface area contributed by atoms with Gasteiger partial charge in [-0.05, 0) is 37.5 Å². The van der Waals surface area contributed by atoms with Gasteiger partial charge in [-0.1, -0.05) is 39.7 Å². The molecule has 9 nitrogen and oxygen atoms in total. The van der Waals surface area contributed by atoms with Gasteiger partial charge in [-0.3, -0.25) is 18.9 Å². The average Bonchev–Trinajstić information content (AvgIpc) is 3.08. The van der Waals surface area contributed by atoms with Crippen LogP contribution in [0, 0.1) is 17.3 Å². The molecule has 180 valence electrons. The maximum atomic E-state index is 13.5. The van der Waals surface area contributed by atoms with E-state index in [1.165, 1.54) is 11.0 Å². The molecule has 1 saturated heterocycles. The molecule has 0 aromatic carbocycles.